The van der Waals surface area contributed by atoms with Gasteiger partial charge in [-0.1, -0.05) is 48.5 Å². The minimum Gasteiger partial charge on any atom is -0.484 e. The molecule has 0 spiro atoms. The molecule has 0 unspecified atom stereocenters. The fraction of sp³-hybridized carbons (Fsp3) is 0.375. The van der Waals surface area contributed by atoms with E-state index < -0.39 is 0 Å². The Morgan fingerprint density at radius 3 is 2.62 bits per heavy atom. The van der Waals surface area contributed by atoms with E-state index in [1.165, 1.54) is 17.3 Å². The van der Waals surface area contributed by atoms with Gasteiger partial charge in [0.15, 0.2) is 12.4 Å². The standard InChI is InChI=1S/C16H18N4O3S/c1-10(2)15-17-14(23-20-15)9-24-16-19-18-13(22-16)8-21-12-6-4-11(3)5-7-12/h4-7,10H,8-9H2,1-3H3. The molecule has 0 saturated heterocycles. The topological polar surface area (TPSA) is 87.1 Å². The van der Waals surface area contributed by atoms with Crippen LogP contribution in [0.1, 0.15) is 42.9 Å². The van der Waals surface area contributed by atoms with E-state index in [-0.39, 0.29) is 12.5 Å². The van der Waals surface area contributed by atoms with Crippen LogP contribution in [0.15, 0.2) is 38.4 Å². The monoisotopic (exact) mass is 346 g/mol. The largest absolute Gasteiger partial charge is 0.484 e. The number of nitrogens with zero attached hydrogens (tertiary/aromatic N) is 4. The van der Waals surface area contributed by atoms with Crippen LogP contribution in [0, 0.1) is 6.92 Å². The Hall–Kier alpha value is -2.35. The third-order valence-corrected chi connectivity index (χ3v) is 3.95. The first kappa shape index (κ1) is 16.5. The zero-order valence-electron chi connectivity index (χ0n) is 13.7. The van der Waals surface area contributed by atoms with E-state index in [9.17, 15) is 0 Å². The van der Waals surface area contributed by atoms with Crippen LogP contribution in [-0.2, 0) is 12.4 Å². The number of hydrogen-bond acceptors (Lipinski definition) is 8. The molecule has 7 nitrogen and oxygen atoms in total. The Balaban J connectivity index is 1.50. The Kier molecular flexibility index (Phi) is 5.14. The molecule has 0 fully saturated rings. The summed E-state index contributed by atoms with van der Waals surface area (Å²) in [5, 5.41) is 12.3. The van der Waals surface area contributed by atoms with Gasteiger partial charge in [0.2, 0.25) is 5.89 Å². The lowest BCUT2D eigenvalue weighted by Crippen LogP contribution is -1.95. The zero-order valence-corrected chi connectivity index (χ0v) is 14.5. The first-order valence-corrected chi connectivity index (χ1v) is 8.56. The third-order valence-electron chi connectivity index (χ3n) is 3.15. The average molecular weight is 346 g/mol. The van der Waals surface area contributed by atoms with Crippen molar-refractivity contribution >= 4 is 11.8 Å². The molecule has 0 N–H and O–H groups in total. The van der Waals surface area contributed by atoms with Crippen molar-refractivity contribution in [2.75, 3.05) is 0 Å². The highest BCUT2D eigenvalue weighted by Gasteiger charge is 2.13. The SMILES string of the molecule is Cc1ccc(OCc2nnc(SCc3nc(C(C)C)no3)o2)cc1. The smallest absolute Gasteiger partial charge is 0.277 e. The molecule has 0 amide bonds. The predicted octanol–water partition coefficient (Wildman–Crippen LogP) is 3.76. The van der Waals surface area contributed by atoms with Crippen LogP contribution in [0.5, 0.6) is 5.75 Å². The van der Waals surface area contributed by atoms with Crippen LogP contribution in [0.2, 0.25) is 0 Å². The van der Waals surface area contributed by atoms with Gasteiger partial charge in [-0.3, -0.25) is 0 Å². The molecule has 0 saturated carbocycles. The Morgan fingerprint density at radius 2 is 1.92 bits per heavy atom. The number of hydrogen-bond donors (Lipinski definition) is 0. The molecule has 0 radical (unpaired) electrons. The summed E-state index contributed by atoms with van der Waals surface area (Å²) in [4.78, 5) is 4.30. The molecule has 2 aromatic heterocycles. The molecular formula is C16H18N4O3S. The Labute approximate surface area is 143 Å². The van der Waals surface area contributed by atoms with E-state index in [1.807, 2.05) is 45.0 Å². The minimum absolute atomic E-state index is 0.231. The van der Waals surface area contributed by atoms with Crippen molar-refractivity contribution in [3.63, 3.8) is 0 Å². The van der Waals surface area contributed by atoms with Crippen molar-refractivity contribution in [2.24, 2.45) is 0 Å². The fourth-order valence-electron chi connectivity index (χ4n) is 1.82. The second-order valence-corrected chi connectivity index (χ2v) is 6.48. The summed E-state index contributed by atoms with van der Waals surface area (Å²) in [6.45, 7) is 6.29. The normalized spacial score (nSPS) is 11.2. The van der Waals surface area contributed by atoms with Crippen molar-refractivity contribution in [2.45, 2.75) is 44.3 Å². The first-order valence-electron chi connectivity index (χ1n) is 7.57. The van der Waals surface area contributed by atoms with E-state index in [0.29, 0.717) is 28.6 Å². The lowest BCUT2D eigenvalue weighted by molar-refractivity contribution is 0.252. The van der Waals surface area contributed by atoms with Crippen molar-refractivity contribution < 1.29 is 13.7 Å². The summed E-state index contributed by atoms with van der Waals surface area (Å²) in [7, 11) is 0. The summed E-state index contributed by atoms with van der Waals surface area (Å²) < 4.78 is 16.3. The van der Waals surface area contributed by atoms with Gasteiger partial charge >= 0.3 is 0 Å². The fourth-order valence-corrected chi connectivity index (χ4v) is 2.44. The highest BCUT2D eigenvalue weighted by atomic mass is 32.2. The summed E-state index contributed by atoms with van der Waals surface area (Å²) in [5.41, 5.74) is 1.18. The molecule has 24 heavy (non-hydrogen) atoms. The molecule has 0 atom stereocenters. The molecule has 3 aromatic rings. The van der Waals surface area contributed by atoms with Gasteiger partial charge in [0.1, 0.15) is 5.75 Å². The highest BCUT2D eigenvalue weighted by molar-refractivity contribution is 7.98. The van der Waals surface area contributed by atoms with E-state index >= 15 is 0 Å². The van der Waals surface area contributed by atoms with Crippen LogP contribution in [0.25, 0.3) is 0 Å². The molecule has 1 aromatic carbocycles. The molecule has 0 aliphatic heterocycles. The number of aryl methyl sites for hydroxylation is 1. The lowest BCUT2D eigenvalue weighted by atomic mass is 10.2. The van der Waals surface area contributed by atoms with Gasteiger partial charge < -0.3 is 13.7 Å². The van der Waals surface area contributed by atoms with Crippen LogP contribution in [0.3, 0.4) is 0 Å². The Bertz CT molecular complexity index is 783. The molecule has 0 aliphatic carbocycles. The maximum absolute atomic E-state index is 5.61. The van der Waals surface area contributed by atoms with Crippen LogP contribution < -0.4 is 4.74 Å². The van der Waals surface area contributed by atoms with Crippen LogP contribution in [-0.4, -0.2) is 20.3 Å². The van der Waals surface area contributed by atoms with Gasteiger partial charge in [-0.05, 0) is 19.1 Å². The van der Waals surface area contributed by atoms with Gasteiger partial charge in [0.25, 0.3) is 11.1 Å². The number of ether oxygens (including phenoxy) is 1. The van der Waals surface area contributed by atoms with E-state index in [4.69, 9.17) is 13.7 Å². The molecular weight excluding hydrogens is 328 g/mol. The molecule has 3 rings (SSSR count). The van der Waals surface area contributed by atoms with E-state index in [0.717, 1.165) is 5.75 Å². The van der Waals surface area contributed by atoms with Gasteiger partial charge in [-0.15, -0.1) is 10.2 Å². The maximum Gasteiger partial charge on any atom is 0.277 e. The zero-order chi connectivity index (χ0) is 16.9. The van der Waals surface area contributed by atoms with Gasteiger partial charge in [0, 0.05) is 5.92 Å². The van der Waals surface area contributed by atoms with Crippen molar-refractivity contribution in [1.82, 2.24) is 20.3 Å². The minimum atomic E-state index is 0.231. The van der Waals surface area contributed by atoms with Gasteiger partial charge in [-0.25, -0.2) is 0 Å². The van der Waals surface area contributed by atoms with Crippen molar-refractivity contribution in [3.05, 3.63) is 47.4 Å². The van der Waals surface area contributed by atoms with Crippen LogP contribution in [0.4, 0.5) is 0 Å². The predicted molar refractivity (Wildman–Crippen MR) is 87.8 cm³/mol. The second kappa shape index (κ2) is 7.48. The summed E-state index contributed by atoms with van der Waals surface area (Å²) >= 11 is 1.35. The molecule has 126 valence electrons. The number of aromatic nitrogens is 4. The number of rotatable bonds is 7. The van der Waals surface area contributed by atoms with Crippen molar-refractivity contribution in [1.29, 1.82) is 0 Å². The van der Waals surface area contributed by atoms with Crippen LogP contribution >= 0.6 is 11.8 Å². The number of thioether (sulfide) groups is 1. The number of benzene rings is 1. The third kappa shape index (κ3) is 4.35. The highest BCUT2D eigenvalue weighted by Crippen LogP contribution is 2.22. The quantitative estimate of drug-likeness (QED) is 0.598. The molecule has 0 aliphatic rings. The van der Waals surface area contributed by atoms with Gasteiger partial charge in [-0.2, -0.15) is 4.98 Å². The first-order chi connectivity index (χ1) is 11.6. The van der Waals surface area contributed by atoms with E-state index in [1.54, 1.807) is 0 Å². The maximum atomic E-state index is 5.61. The molecule has 0 bridgehead atoms. The summed E-state index contributed by atoms with van der Waals surface area (Å²) in [5.74, 6) is 3.15. The second-order valence-electron chi connectivity index (χ2n) is 5.55. The van der Waals surface area contributed by atoms with Gasteiger partial charge in [0.05, 0.1) is 5.75 Å². The average Bonchev–Trinajstić information content (AvgIpc) is 3.22. The van der Waals surface area contributed by atoms with E-state index in [2.05, 4.69) is 20.3 Å². The Morgan fingerprint density at radius 1 is 1.12 bits per heavy atom. The molecule has 2 heterocycles. The van der Waals surface area contributed by atoms with Crippen molar-refractivity contribution in [3.8, 4) is 5.75 Å². The molecule has 8 heteroatoms. The lowest BCUT2D eigenvalue weighted by Gasteiger charge is -2.02. The summed E-state index contributed by atoms with van der Waals surface area (Å²) in [6, 6.07) is 7.78. The summed E-state index contributed by atoms with van der Waals surface area (Å²) in [6.07, 6.45) is 0.